The fraction of sp³-hybridized carbons (Fsp3) is 0.250. The van der Waals surface area contributed by atoms with Gasteiger partial charge in [-0.25, -0.2) is 0 Å². The molecular weight excluding hydrogens is 131 g/mol. The van der Waals surface area contributed by atoms with Crippen molar-refractivity contribution in [3.05, 3.63) is 29.3 Å². The van der Waals surface area contributed by atoms with E-state index in [4.69, 9.17) is 0 Å². The third-order valence-electron chi connectivity index (χ3n) is 1.43. The van der Waals surface area contributed by atoms with Crippen molar-refractivity contribution in [3.8, 4) is 5.75 Å². The minimum absolute atomic E-state index is 0.306. The highest BCUT2D eigenvalue weighted by Crippen LogP contribution is 2.18. The molecule has 0 fully saturated rings. The summed E-state index contributed by atoms with van der Waals surface area (Å²) in [7, 11) is 0. The number of hydrogen-bond donors (Lipinski definition) is 0. The highest BCUT2D eigenvalue weighted by atomic mass is 19.3. The summed E-state index contributed by atoms with van der Waals surface area (Å²) in [6.45, 7) is 3.69. The number of rotatable bonds is 1. The summed E-state index contributed by atoms with van der Waals surface area (Å²) < 4.78 is 11.7. The van der Waals surface area contributed by atoms with Gasteiger partial charge in [0.1, 0.15) is 0 Å². The van der Waals surface area contributed by atoms with Gasteiger partial charge in [-0.3, -0.25) is 4.94 Å². The molecule has 10 heavy (non-hydrogen) atoms. The van der Waals surface area contributed by atoms with Crippen LogP contribution in [0.1, 0.15) is 11.1 Å². The zero-order valence-corrected chi connectivity index (χ0v) is 6.02. The average Bonchev–Trinajstić information content (AvgIpc) is 1.94. The van der Waals surface area contributed by atoms with Crippen molar-refractivity contribution in [1.82, 2.24) is 0 Å². The maximum Gasteiger partial charge on any atom is 0.175 e. The Kier molecular flexibility index (Phi) is 1.90. The average molecular weight is 140 g/mol. The van der Waals surface area contributed by atoms with E-state index < -0.39 is 0 Å². The predicted octanol–water partition coefficient (Wildman–Crippen LogP) is 2.57. The van der Waals surface area contributed by atoms with Crippen LogP contribution < -0.4 is 4.94 Å². The van der Waals surface area contributed by atoms with Crippen LogP contribution in [0.25, 0.3) is 0 Å². The van der Waals surface area contributed by atoms with Gasteiger partial charge in [0, 0.05) is 4.53 Å². The molecule has 1 aromatic carbocycles. The summed E-state index contributed by atoms with van der Waals surface area (Å²) in [5, 5.41) is 0. The quantitative estimate of drug-likeness (QED) is 0.582. The van der Waals surface area contributed by atoms with Crippen LogP contribution in [0.3, 0.4) is 0 Å². The molecule has 0 heterocycles. The normalized spacial score (nSPS) is 9.50. The fourth-order valence-corrected chi connectivity index (χ4v) is 0.790. The van der Waals surface area contributed by atoms with Gasteiger partial charge in [-0.05, 0) is 31.0 Å². The molecule has 0 N–H and O–H groups in total. The smallest absolute Gasteiger partial charge is 0.175 e. The monoisotopic (exact) mass is 140 g/mol. The second-order valence-corrected chi connectivity index (χ2v) is 2.35. The van der Waals surface area contributed by atoms with E-state index in [1.165, 1.54) is 0 Å². The molecule has 0 aromatic heterocycles. The van der Waals surface area contributed by atoms with Gasteiger partial charge in [-0.15, -0.1) is 0 Å². The van der Waals surface area contributed by atoms with Gasteiger partial charge < -0.3 is 0 Å². The molecule has 0 aliphatic rings. The largest absolute Gasteiger partial charge is 0.294 e. The molecule has 0 unspecified atom stereocenters. The Hall–Kier alpha value is -1.05. The van der Waals surface area contributed by atoms with Gasteiger partial charge in [0.05, 0.1) is 0 Å². The Bertz CT molecular complexity index is 233. The standard InChI is InChI=1S/C8H9FO/c1-6-3-4-7(2)8(5-6)10-9/h3-5H,1-2H3. The van der Waals surface area contributed by atoms with Crippen LogP contribution in [0.5, 0.6) is 5.75 Å². The minimum Gasteiger partial charge on any atom is -0.294 e. The Morgan fingerprint density at radius 1 is 1.30 bits per heavy atom. The van der Waals surface area contributed by atoms with E-state index in [2.05, 4.69) is 4.94 Å². The van der Waals surface area contributed by atoms with E-state index in [1.54, 1.807) is 13.0 Å². The Morgan fingerprint density at radius 3 is 2.50 bits per heavy atom. The molecule has 1 aromatic rings. The highest BCUT2D eigenvalue weighted by molar-refractivity contribution is 5.35. The molecule has 0 spiro atoms. The van der Waals surface area contributed by atoms with Gasteiger partial charge in [0.2, 0.25) is 0 Å². The lowest BCUT2D eigenvalue weighted by Crippen LogP contribution is -1.82. The zero-order valence-electron chi connectivity index (χ0n) is 6.02. The third-order valence-corrected chi connectivity index (χ3v) is 1.43. The Morgan fingerprint density at radius 2 is 2.00 bits per heavy atom. The van der Waals surface area contributed by atoms with Gasteiger partial charge in [-0.1, -0.05) is 12.1 Å². The molecule has 0 amide bonds. The minimum atomic E-state index is 0.306. The van der Waals surface area contributed by atoms with E-state index in [0.717, 1.165) is 11.1 Å². The van der Waals surface area contributed by atoms with E-state index in [0.29, 0.717) is 5.75 Å². The summed E-state index contributed by atoms with van der Waals surface area (Å²) >= 11 is 0. The van der Waals surface area contributed by atoms with Crippen molar-refractivity contribution in [2.75, 3.05) is 0 Å². The molecule has 0 saturated heterocycles. The van der Waals surface area contributed by atoms with E-state index in [9.17, 15) is 4.53 Å². The number of hydrogen-bond acceptors (Lipinski definition) is 1. The van der Waals surface area contributed by atoms with Crippen LogP contribution in [0, 0.1) is 13.8 Å². The predicted molar refractivity (Wildman–Crippen MR) is 37.7 cm³/mol. The molecule has 0 bridgehead atoms. The van der Waals surface area contributed by atoms with Crippen LogP contribution in [0.2, 0.25) is 0 Å². The molecule has 0 radical (unpaired) electrons. The first-order chi connectivity index (χ1) is 4.74. The van der Waals surface area contributed by atoms with Crippen molar-refractivity contribution >= 4 is 0 Å². The summed E-state index contributed by atoms with van der Waals surface area (Å²) in [5.74, 6) is 0.306. The third kappa shape index (κ3) is 1.26. The van der Waals surface area contributed by atoms with Crippen LogP contribution in [0.15, 0.2) is 18.2 Å². The molecule has 0 atom stereocenters. The van der Waals surface area contributed by atoms with Gasteiger partial charge in [0.15, 0.2) is 5.75 Å². The molecule has 1 nitrogen and oxygen atoms in total. The van der Waals surface area contributed by atoms with Crippen molar-refractivity contribution in [2.24, 2.45) is 0 Å². The number of aryl methyl sites for hydroxylation is 2. The highest BCUT2D eigenvalue weighted by Gasteiger charge is 1.97. The lowest BCUT2D eigenvalue weighted by molar-refractivity contribution is -0.00706. The lowest BCUT2D eigenvalue weighted by atomic mass is 10.1. The summed E-state index contributed by atoms with van der Waals surface area (Å²) in [4.78, 5) is 3.63. The Labute approximate surface area is 59.3 Å². The van der Waals surface area contributed by atoms with Crippen molar-refractivity contribution in [2.45, 2.75) is 13.8 Å². The molecule has 54 valence electrons. The van der Waals surface area contributed by atoms with E-state index in [1.807, 2.05) is 19.1 Å². The van der Waals surface area contributed by atoms with Gasteiger partial charge >= 0.3 is 0 Å². The molecular formula is C8H9FO. The van der Waals surface area contributed by atoms with E-state index in [-0.39, 0.29) is 0 Å². The lowest BCUT2D eigenvalue weighted by Gasteiger charge is -1.99. The van der Waals surface area contributed by atoms with Gasteiger partial charge in [-0.2, -0.15) is 0 Å². The maximum absolute atomic E-state index is 11.7. The molecule has 1 rings (SSSR count). The van der Waals surface area contributed by atoms with Crippen molar-refractivity contribution in [3.63, 3.8) is 0 Å². The molecule has 0 aliphatic heterocycles. The van der Waals surface area contributed by atoms with Gasteiger partial charge in [0.25, 0.3) is 0 Å². The second-order valence-electron chi connectivity index (χ2n) is 2.35. The zero-order chi connectivity index (χ0) is 7.56. The summed E-state index contributed by atoms with van der Waals surface area (Å²) in [6, 6.07) is 5.40. The van der Waals surface area contributed by atoms with E-state index >= 15 is 0 Å². The molecule has 0 saturated carbocycles. The van der Waals surface area contributed by atoms with Crippen molar-refractivity contribution < 1.29 is 9.47 Å². The summed E-state index contributed by atoms with van der Waals surface area (Å²) in [5.41, 5.74) is 1.81. The number of halogens is 1. The molecule has 2 heteroatoms. The second kappa shape index (κ2) is 2.69. The first-order valence-corrected chi connectivity index (χ1v) is 3.10. The number of benzene rings is 1. The first kappa shape index (κ1) is 7.06. The van der Waals surface area contributed by atoms with Crippen LogP contribution >= 0.6 is 0 Å². The first-order valence-electron chi connectivity index (χ1n) is 3.10. The maximum atomic E-state index is 11.7. The SMILES string of the molecule is Cc1ccc(C)c(OF)c1. The van der Waals surface area contributed by atoms with Crippen LogP contribution in [-0.4, -0.2) is 0 Å². The molecule has 0 aliphatic carbocycles. The van der Waals surface area contributed by atoms with Crippen molar-refractivity contribution in [1.29, 1.82) is 0 Å². The van der Waals surface area contributed by atoms with Crippen LogP contribution in [-0.2, 0) is 0 Å². The fourth-order valence-electron chi connectivity index (χ4n) is 0.790. The van der Waals surface area contributed by atoms with Crippen LogP contribution in [0.4, 0.5) is 4.53 Å². The topological polar surface area (TPSA) is 9.23 Å². The Balaban J connectivity index is 3.09. The summed E-state index contributed by atoms with van der Waals surface area (Å²) in [6.07, 6.45) is 0.